The van der Waals surface area contributed by atoms with Crippen LogP contribution in [0.5, 0.6) is 5.75 Å². The fourth-order valence-electron chi connectivity index (χ4n) is 4.00. The second kappa shape index (κ2) is 9.14. The number of hydrogen-bond donors (Lipinski definition) is 2. The van der Waals surface area contributed by atoms with Crippen LogP contribution in [0.2, 0.25) is 0 Å². The number of halogens is 5. The molecule has 1 saturated heterocycles. The van der Waals surface area contributed by atoms with Gasteiger partial charge in [-0.3, -0.25) is 9.78 Å². The fourth-order valence-corrected chi connectivity index (χ4v) is 4.00. The zero-order valence-corrected chi connectivity index (χ0v) is 18.3. The highest BCUT2D eigenvalue weighted by Crippen LogP contribution is 2.36. The van der Waals surface area contributed by atoms with Gasteiger partial charge in [0.25, 0.3) is 11.8 Å². The number of amides is 1. The minimum Gasteiger partial charge on any atom is -0.487 e. The largest absolute Gasteiger partial charge is 0.487 e. The number of furan rings is 1. The van der Waals surface area contributed by atoms with E-state index in [0.717, 1.165) is 6.20 Å². The summed E-state index contributed by atoms with van der Waals surface area (Å²) in [6.45, 7) is 0.602. The molecule has 12 heteroatoms. The third kappa shape index (κ3) is 4.77. The Morgan fingerprint density at radius 3 is 2.83 bits per heavy atom. The summed E-state index contributed by atoms with van der Waals surface area (Å²) in [5.74, 6) is -4.03. The molecule has 0 spiro atoms. The lowest BCUT2D eigenvalue weighted by Crippen LogP contribution is -2.57. The Labute approximate surface area is 195 Å². The van der Waals surface area contributed by atoms with Gasteiger partial charge in [-0.2, -0.15) is 18.4 Å². The van der Waals surface area contributed by atoms with E-state index in [1.165, 1.54) is 31.2 Å². The summed E-state index contributed by atoms with van der Waals surface area (Å²) in [7, 11) is 0. The van der Waals surface area contributed by atoms with E-state index in [4.69, 9.17) is 9.15 Å². The molecule has 1 atom stereocenters. The highest BCUT2D eigenvalue weighted by Gasteiger charge is 2.43. The van der Waals surface area contributed by atoms with E-state index in [9.17, 15) is 32.0 Å². The van der Waals surface area contributed by atoms with Crippen LogP contribution in [-0.2, 0) is 12.8 Å². The number of carbonyl (C=O) groups is 1. The molecule has 1 aliphatic rings. The van der Waals surface area contributed by atoms with Crippen LogP contribution in [0, 0.1) is 18.3 Å². The molecule has 3 heterocycles. The molecular formula is C23H19F5N4O3. The molecule has 1 unspecified atom stereocenters. The lowest BCUT2D eigenvalue weighted by Gasteiger charge is -2.32. The second-order valence-corrected chi connectivity index (χ2v) is 8.01. The monoisotopic (exact) mass is 494 g/mol. The van der Waals surface area contributed by atoms with Gasteiger partial charge in [0.1, 0.15) is 35.3 Å². The zero-order chi connectivity index (χ0) is 25.4. The molecule has 35 heavy (non-hydrogen) atoms. The van der Waals surface area contributed by atoms with E-state index in [2.05, 4.69) is 15.6 Å². The summed E-state index contributed by atoms with van der Waals surface area (Å²) in [6.07, 6.45) is -3.70. The average molecular weight is 494 g/mol. The lowest BCUT2D eigenvalue weighted by molar-refractivity contribution is -0.142. The number of nitriles is 1. The van der Waals surface area contributed by atoms with Crippen LogP contribution in [0.25, 0.3) is 11.0 Å². The standard InChI is InChI=1S/C23H19F5N4O3/c1-12-18(21(33)32-17-6-8-30-11-22(17,24)25)19-14(9-29)15(4-5-16(19)35-12)34-10-13-3-2-7-31-20(13)23(26,27)28/h2-5,7,17,30H,6,8,10-11H2,1H3,(H,32,33). The van der Waals surface area contributed by atoms with E-state index in [1.807, 2.05) is 6.07 Å². The predicted molar refractivity (Wildman–Crippen MR) is 113 cm³/mol. The molecule has 1 aliphatic heterocycles. The van der Waals surface area contributed by atoms with E-state index in [1.54, 1.807) is 0 Å². The van der Waals surface area contributed by atoms with Gasteiger partial charge < -0.3 is 19.8 Å². The smallest absolute Gasteiger partial charge is 0.433 e. The van der Waals surface area contributed by atoms with Crippen molar-refractivity contribution in [3.05, 3.63) is 58.6 Å². The quantitative estimate of drug-likeness (QED) is 0.512. The van der Waals surface area contributed by atoms with Crippen molar-refractivity contribution in [2.75, 3.05) is 13.1 Å². The molecule has 2 aromatic heterocycles. The predicted octanol–water partition coefficient (Wildman–Crippen LogP) is 4.33. The van der Waals surface area contributed by atoms with Crippen molar-refractivity contribution < 1.29 is 35.9 Å². The van der Waals surface area contributed by atoms with E-state index >= 15 is 0 Å². The number of benzene rings is 1. The summed E-state index contributed by atoms with van der Waals surface area (Å²) in [6, 6.07) is 5.70. The van der Waals surface area contributed by atoms with Crippen LogP contribution < -0.4 is 15.4 Å². The topological polar surface area (TPSA) is 100 Å². The first-order chi connectivity index (χ1) is 16.5. The van der Waals surface area contributed by atoms with Gasteiger partial charge in [-0.05, 0) is 38.1 Å². The van der Waals surface area contributed by atoms with Crippen molar-refractivity contribution in [1.82, 2.24) is 15.6 Å². The first-order valence-corrected chi connectivity index (χ1v) is 10.5. The normalized spacial score (nSPS) is 17.7. The van der Waals surface area contributed by atoms with Gasteiger partial charge in [-0.25, -0.2) is 8.78 Å². The summed E-state index contributed by atoms with van der Waals surface area (Å²) >= 11 is 0. The average Bonchev–Trinajstić information content (AvgIpc) is 3.14. The number of pyridine rings is 1. The molecule has 0 saturated carbocycles. The van der Waals surface area contributed by atoms with Gasteiger partial charge >= 0.3 is 6.18 Å². The molecule has 3 aromatic rings. The highest BCUT2D eigenvalue weighted by molar-refractivity contribution is 6.09. The molecule has 1 aromatic carbocycles. The van der Waals surface area contributed by atoms with E-state index in [0.29, 0.717) is 6.54 Å². The maximum Gasteiger partial charge on any atom is 0.433 e. The Balaban J connectivity index is 1.68. The zero-order valence-electron chi connectivity index (χ0n) is 18.3. The number of aryl methyl sites for hydroxylation is 1. The van der Waals surface area contributed by atoms with E-state index < -0.39 is 42.9 Å². The third-order valence-corrected chi connectivity index (χ3v) is 5.66. The fraction of sp³-hybridized carbons (Fsp3) is 0.348. The maximum absolute atomic E-state index is 14.2. The first-order valence-electron chi connectivity index (χ1n) is 10.5. The van der Waals surface area contributed by atoms with Gasteiger partial charge in [0.15, 0.2) is 5.69 Å². The van der Waals surface area contributed by atoms with Gasteiger partial charge in [-0.1, -0.05) is 6.07 Å². The van der Waals surface area contributed by atoms with E-state index in [-0.39, 0.29) is 45.6 Å². The molecule has 0 aliphatic carbocycles. The molecule has 4 rings (SSSR count). The van der Waals surface area contributed by atoms with Gasteiger partial charge in [0, 0.05) is 11.8 Å². The molecule has 0 bridgehead atoms. The first kappa shape index (κ1) is 24.4. The Bertz CT molecular complexity index is 1310. The van der Waals surface area contributed by atoms with Gasteiger partial charge in [0.2, 0.25) is 0 Å². The number of piperidine rings is 1. The van der Waals surface area contributed by atoms with Gasteiger partial charge in [-0.15, -0.1) is 0 Å². The van der Waals surface area contributed by atoms with Crippen LogP contribution in [0.1, 0.15) is 39.4 Å². The Morgan fingerprint density at radius 1 is 1.37 bits per heavy atom. The summed E-state index contributed by atoms with van der Waals surface area (Å²) in [5, 5.41) is 14.7. The molecule has 1 amide bonds. The number of carbonyl (C=O) groups excluding carboxylic acids is 1. The molecule has 0 radical (unpaired) electrons. The summed E-state index contributed by atoms with van der Waals surface area (Å²) < 4.78 is 79.2. The maximum atomic E-state index is 14.2. The van der Waals surface area contributed by atoms with Crippen molar-refractivity contribution in [2.45, 2.75) is 38.1 Å². The summed E-state index contributed by atoms with van der Waals surface area (Å²) in [4.78, 5) is 16.4. The van der Waals surface area contributed by atoms with Crippen LogP contribution in [0.3, 0.4) is 0 Å². The minimum atomic E-state index is -4.70. The lowest BCUT2D eigenvalue weighted by atomic mass is 10.00. The van der Waals surface area contributed by atoms with Crippen LogP contribution >= 0.6 is 0 Å². The number of ether oxygens (including phenoxy) is 1. The number of nitrogens with zero attached hydrogens (tertiary/aromatic N) is 2. The third-order valence-electron chi connectivity index (χ3n) is 5.66. The minimum absolute atomic E-state index is 0.000308. The molecule has 2 N–H and O–H groups in total. The number of nitrogens with one attached hydrogen (secondary N) is 2. The van der Waals surface area contributed by atoms with Crippen molar-refractivity contribution in [3.63, 3.8) is 0 Å². The van der Waals surface area contributed by atoms with Gasteiger partial charge in [0.05, 0.1) is 23.5 Å². The molecule has 7 nitrogen and oxygen atoms in total. The highest BCUT2D eigenvalue weighted by atomic mass is 19.4. The number of rotatable bonds is 5. The molecular weight excluding hydrogens is 475 g/mol. The molecule has 1 fully saturated rings. The van der Waals surface area contributed by atoms with Crippen molar-refractivity contribution in [1.29, 1.82) is 5.26 Å². The van der Waals surface area contributed by atoms with Crippen LogP contribution in [0.15, 0.2) is 34.9 Å². The Kier molecular flexibility index (Phi) is 6.38. The number of hydrogen-bond acceptors (Lipinski definition) is 6. The van der Waals surface area contributed by atoms with Crippen molar-refractivity contribution >= 4 is 16.9 Å². The van der Waals surface area contributed by atoms with Crippen LogP contribution in [0.4, 0.5) is 22.0 Å². The summed E-state index contributed by atoms with van der Waals surface area (Å²) in [5.41, 5.74) is -1.53. The Morgan fingerprint density at radius 2 is 2.14 bits per heavy atom. The number of alkyl halides is 5. The van der Waals surface area contributed by atoms with Crippen LogP contribution in [-0.4, -0.2) is 35.9 Å². The second-order valence-electron chi connectivity index (χ2n) is 8.01. The molecule has 184 valence electrons. The number of fused-ring (bicyclic) bond motifs is 1. The van der Waals surface area contributed by atoms with Crippen molar-refractivity contribution in [3.8, 4) is 11.8 Å². The Hall–Kier alpha value is -3.72. The SMILES string of the molecule is Cc1oc2ccc(OCc3cccnc3C(F)(F)F)c(C#N)c2c1C(=O)NC1CCNCC1(F)F. The van der Waals surface area contributed by atoms with Crippen molar-refractivity contribution in [2.24, 2.45) is 0 Å². The number of aromatic nitrogens is 1.